The number of nitrogens with zero attached hydrogens (tertiary/aromatic N) is 5. The van der Waals surface area contributed by atoms with Gasteiger partial charge < -0.3 is 20.5 Å². The van der Waals surface area contributed by atoms with Gasteiger partial charge in [-0.1, -0.05) is 6.07 Å². The first kappa shape index (κ1) is 19.4. The lowest BCUT2D eigenvalue weighted by Gasteiger charge is -2.37. The maximum absolute atomic E-state index is 4.90. The van der Waals surface area contributed by atoms with Crippen LogP contribution in [-0.2, 0) is 6.54 Å². The van der Waals surface area contributed by atoms with Gasteiger partial charge in [0, 0.05) is 49.3 Å². The van der Waals surface area contributed by atoms with E-state index in [2.05, 4.69) is 61.4 Å². The largest absolute Gasteiger partial charge is 0.364 e. The van der Waals surface area contributed by atoms with Crippen LogP contribution in [0, 0.1) is 0 Å². The predicted molar refractivity (Wildman–Crippen MR) is 123 cm³/mol. The number of hydrogen-bond acceptors (Lipinski definition) is 7. The third kappa shape index (κ3) is 4.06. The number of aromatic amines is 1. The van der Waals surface area contributed by atoms with E-state index in [0.717, 1.165) is 52.6 Å². The van der Waals surface area contributed by atoms with Gasteiger partial charge >= 0.3 is 0 Å². The van der Waals surface area contributed by atoms with Crippen LogP contribution in [0.15, 0.2) is 55.2 Å². The fraction of sp³-hybridized carbons (Fsp3) is 0.304. The second kappa shape index (κ2) is 8.31. The molecule has 0 aliphatic carbocycles. The molecule has 0 saturated carbocycles. The highest BCUT2D eigenvalue weighted by Gasteiger charge is 2.22. The number of nitrogens with one attached hydrogen (secondary N) is 3. The number of pyridine rings is 2. The van der Waals surface area contributed by atoms with Crippen LogP contribution < -0.4 is 15.5 Å². The van der Waals surface area contributed by atoms with E-state index < -0.39 is 0 Å². The third-order valence-corrected chi connectivity index (χ3v) is 5.57. The van der Waals surface area contributed by atoms with Crippen LogP contribution in [0.4, 0.5) is 11.6 Å². The minimum Gasteiger partial charge on any atom is -0.364 e. The zero-order chi connectivity index (χ0) is 21.2. The Bertz CT molecular complexity index is 1160. The molecule has 158 valence electrons. The summed E-state index contributed by atoms with van der Waals surface area (Å²) < 4.78 is 0. The van der Waals surface area contributed by atoms with E-state index in [1.807, 2.05) is 24.4 Å². The average Bonchev–Trinajstić information content (AvgIpc) is 3.23. The van der Waals surface area contributed by atoms with E-state index in [9.17, 15) is 0 Å². The predicted octanol–water partition coefficient (Wildman–Crippen LogP) is 3.21. The summed E-state index contributed by atoms with van der Waals surface area (Å²) in [5.41, 5.74) is 3.89. The molecular formula is C23H26N8. The lowest BCUT2D eigenvalue weighted by Crippen LogP contribution is -2.54. The van der Waals surface area contributed by atoms with Crippen LogP contribution in [-0.4, -0.2) is 50.1 Å². The fourth-order valence-electron chi connectivity index (χ4n) is 4.29. The molecule has 5 rings (SSSR count). The van der Waals surface area contributed by atoms with E-state index in [1.54, 1.807) is 18.7 Å². The zero-order valence-electron chi connectivity index (χ0n) is 17.7. The molecule has 0 aromatic carbocycles. The number of rotatable bonds is 5. The van der Waals surface area contributed by atoms with Crippen LogP contribution in [0.25, 0.3) is 22.2 Å². The topological polar surface area (TPSA) is 94.6 Å². The molecule has 4 aromatic heterocycles. The van der Waals surface area contributed by atoms with Crippen molar-refractivity contribution in [2.24, 2.45) is 0 Å². The summed E-state index contributed by atoms with van der Waals surface area (Å²) in [6.07, 6.45) is 7.12. The van der Waals surface area contributed by atoms with Crippen molar-refractivity contribution in [2.75, 3.05) is 23.3 Å². The minimum absolute atomic E-state index is 0.446. The lowest BCUT2D eigenvalue weighted by molar-refractivity contribution is 0.405. The normalized spacial score (nSPS) is 19.0. The van der Waals surface area contributed by atoms with E-state index in [1.165, 1.54) is 0 Å². The SMILES string of the molecule is C[C@@H]1CN(c2cccc(CNc3ncnc4[nH]cc(-c5ccncc5)c34)n2)C[C@H](C)N1. The maximum atomic E-state index is 4.90. The van der Waals surface area contributed by atoms with Crippen molar-refractivity contribution >= 4 is 22.7 Å². The van der Waals surface area contributed by atoms with Crippen molar-refractivity contribution in [3.63, 3.8) is 0 Å². The van der Waals surface area contributed by atoms with Crippen LogP contribution in [0.5, 0.6) is 0 Å². The Morgan fingerprint density at radius 2 is 1.87 bits per heavy atom. The van der Waals surface area contributed by atoms with Crippen molar-refractivity contribution in [3.8, 4) is 11.1 Å². The molecule has 31 heavy (non-hydrogen) atoms. The molecule has 4 aromatic rings. The van der Waals surface area contributed by atoms with Crippen molar-refractivity contribution in [1.29, 1.82) is 0 Å². The highest BCUT2D eigenvalue weighted by Crippen LogP contribution is 2.31. The molecule has 0 unspecified atom stereocenters. The number of H-pyrrole nitrogens is 1. The van der Waals surface area contributed by atoms with E-state index in [0.29, 0.717) is 18.6 Å². The van der Waals surface area contributed by atoms with Gasteiger partial charge in [0.15, 0.2) is 0 Å². The zero-order valence-corrected chi connectivity index (χ0v) is 17.7. The van der Waals surface area contributed by atoms with Crippen molar-refractivity contribution < 1.29 is 0 Å². The minimum atomic E-state index is 0.446. The van der Waals surface area contributed by atoms with Gasteiger partial charge in [0.1, 0.15) is 23.6 Å². The number of fused-ring (bicyclic) bond motifs is 1. The molecule has 8 nitrogen and oxygen atoms in total. The number of anilines is 2. The van der Waals surface area contributed by atoms with Gasteiger partial charge in [0.2, 0.25) is 0 Å². The second-order valence-electron chi connectivity index (χ2n) is 8.10. The Hall–Kier alpha value is -3.52. The highest BCUT2D eigenvalue weighted by atomic mass is 15.3. The Morgan fingerprint density at radius 1 is 1.06 bits per heavy atom. The van der Waals surface area contributed by atoms with Crippen molar-refractivity contribution in [3.05, 3.63) is 60.9 Å². The van der Waals surface area contributed by atoms with Gasteiger partial charge in [0.25, 0.3) is 0 Å². The Labute approximate surface area is 181 Å². The highest BCUT2D eigenvalue weighted by molar-refractivity contribution is 6.00. The summed E-state index contributed by atoms with van der Waals surface area (Å²) in [4.78, 5) is 23.5. The van der Waals surface area contributed by atoms with Crippen molar-refractivity contribution in [1.82, 2.24) is 30.2 Å². The van der Waals surface area contributed by atoms with Crippen LogP contribution in [0.2, 0.25) is 0 Å². The van der Waals surface area contributed by atoms with E-state index in [4.69, 9.17) is 4.98 Å². The maximum Gasteiger partial charge on any atom is 0.143 e. The van der Waals surface area contributed by atoms with Gasteiger partial charge in [-0.3, -0.25) is 4.98 Å². The third-order valence-electron chi connectivity index (χ3n) is 5.57. The van der Waals surface area contributed by atoms with E-state index >= 15 is 0 Å². The summed E-state index contributed by atoms with van der Waals surface area (Å²) >= 11 is 0. The van der Waals surface area contributed by atoms with Crippen LogP contribution in [0.1, 0.15) is 19.5 Å². The first-order chi connectivity index (χ1) is 15.2. The van der Waals surface area contributed by atoms with Gasteiger partial charge in [-0.25, -0.2) is 15.0 Å². The quantitative estimate of drug-likeness (QED) is 0.462. The van der Waals surface area contributed by atoms with Gasteiger partial charge in [-0.2, -0.15) is 0 Å². The van der Waals surface area contributed by atoms with Gasteiger partial charge in [-0.15, -0.1) is 0 Å². The first-order valence-electron chi connectivity index (χ1n) is 10.6. The summed E-state index contributed by atoms with van der Waals surface area (Å²) in [5.74, 6) is 1.81. The molecule has 0 bridgehead atoms. The molecule has 1 saturated heterocycles. The molecule has 8 heteroatoms. The summed E-state index contributed by atoms with van der Waals surface area (Å²) in [6, 6.07) is 11.1. The second-order valence-corrected chi connectivity index (χ2v) is 8.10. The molecule has 1 aliphatic rings. The molecule has 3 N–H and O–H groups in total. The van der Waals surface area contributed by atoms with Crippen LogP contribution >= 0.6 is 0 Å². The Balaban J connectivity index is 1.39. The summed E-state index contributed by atoms with van der Waals surface area (Å²) in [5, 5.41) is 8.01. The van der Waals surface area contributed by atoms with Crippen LogP contribution in [0.3, 0.4) is 0 Å². The average molecular weight is 415 g/mol. The monoisotopic (exact) mass is 414 g/mol. The number of aromatic nitrogens is 5. The molecule has 2 atom stereocenters. The summed E-state index contributed by atoms with van der Waals surface area (Å²) in [6.45, 7) is 6.92. The fourth-order valence-corrected chi connectivity index (χ4v) is 4.29. The van der Waals surface area contributed by atoms with Crippen molar-refractivity contribution in [2.45, 2.75) is 32.5 Å². The standard InChI is InChI=1S/C23H26N8/c1-15-12-31(13-16(2)29-15)20-5-3-4-18(30-20)10-25-22-21-19(17-6-8-24-9-7-17)11-26-23(21)28-14-27-22/h3-9,11,14-16,29H,10,12-13H2,1-2H3,(H2,25,26,27,28)/t15-,16+. The molecule has 5 heterocycles. The lowest BCUT2D eigenvalue weighted by atomic mass is 10.1. The summed E-state index contributed by atoms with van der Waals surface area (Å²) in [7, 11) is 0. The molecule has 0 spiro atoms. The first-order valence-corrected chi connectivity index (χ1v) is 10.6. The number of hydrogen-bond donors (Lipinski definition) is 3. The van der Waals surface area contributed by atoms with Gasteiger partial charge in [0.05, 0.1) is 17.6 Å². The molecule has 0 radical (unpaired) electrons. The van der Waals surface area contributed by atoms with E-state index in [-0.39, 0.29) is 0 Å². The smallest absolute Gasteiger partial charge is 0.143 e. The molecule has 0 amide bonds. The van der Waals surface area contributed by atoms with Gasteiger partial charge in [-0.05, 0) is 43.7 Å². The molecule has 1 aliphatic heterocycles. The molecule has 1 fully saturated rings. The number of piperazine rings is 1. The molecular weight excluding hydrogens is 388 g/mol. The Morgan fingerprint density at radius 3 is 2.68 bits per heavy atom. The Kier molecular flexibility index (Phi) is 5.21.